The fourth-order valence-corrected chi connectivity index (χ4v) is 3.93. The van der Waals surface area contributed by atoms with E-state index in [0.29, 0.717) is 29.6 Å². The molecule has 0 unspecified atom stereocenters. The number of hydrogen-bond donors (Lipinski definition) is 3. The number of carbonyl (C=O) groups is 2. The van der Waals surface area contributed by atoms with Gasteiger partial charge < -0.3 is 20.8 Å². The lowest BCUT2D eigenvalue weighted by molar-refractivity contribution is -0.122. The Hall–Kier alpha value is -2.57. The summed E-state index contributed by atoms with van der Waals surface area (Å²) in [5.41, 5.74) is 6.79. The highest BCUT2D eigenvalue weighted by molar-refractivity contribution is 5.83. The van der Waals surface area contributed by atoms with Gasteiger partial charge in [-0.15, -0.1) is 0 Å². The summed E-state index contributed by atoms with van der Waals surface area (Å²) in [5.74, 6) is 0.0487. The van der Waals surface area contributed by atoms with E-state index in [4.69, 9.17) is 10.2 Å². The molecule has 1 fully saturated rings. The summed E-state index contributed by atoms with van der Waals surface area (Å²) in [6, 6.07) is 3.84. The topological polar surface area (TPSA) is 97.4 Å². The predicted molar refractivity (Wildman–Crippen MR) is 105 cm³/mol. The standard InChI is InChI=1S/C21H28FN3O3/c1-11(2)18(19-12(3)16-10-14(22)6-9-17(16)28-19)25-21(27)24-15-7-4-13(5-8-15)20(23)26/h6,9-11,13,15,18H,4-5,7-8H2,1-3H3,(H2,23,26)(H2,24,25,27)/t13?,15?,18-/m0/s1. The van der Waals surface area contributed by atoms with Crippen molar-refractivity contribution in [2.24, 2.45) is 17.6 Å². The average molecular weight is 389 g/mol. The molecule has 7 heteroatoms. The van der Waals surface area contributed by atoms with Crippen molar-refractivity contribution >= 4 is 22.9 Å². The molecule has 1 saturated carbocycles. The Balaban J connectivity index is 1.69. The van der Waals surface area contributed by atoms with Gasteiger partial charge in [0.1, 0.15) is 17.2 Å². The number of amides is 3. The number of aryl methyl sites for hydroxylation is 1. The number of benzene rings is 1. The molecule has 0 radical (unpaired) electrons. The first-order valence-electron chi connectivity index (χ1n) is 9.81. The van der Waals surface area contributed by atoms with Gasteiger partial charge in [0, 0.05) is 22.9 Å². The maximum absolute atomic E-state index is 13.6. The van der Waals surface area contributed by atoms with Crippen molar-refractivity contribution in [3.8, 4) is 0 Å². The lowest BCUT2D eigenvalue weighted by Crippen LogP contribution is -2.46. The van der Waals surface area contributed by atoms with Gasteiger partial charge in [0.25, 0.3) is 0 Å². The van der Waals surface area contributed by atoms with Crippen molar-refractivity contribution in [2.45, 2.75) is 58.5 Å². The number of rotatable bonds is 5. The zero-order valence-corrected chi connectivity index (χ0v) is 16.5. The van der Waals surface area contributed by atoms with Crippen molar-refractivity contribution in [3.05, 3.63) is 35.3 Å². The summed E-state index contributed by atoms with van der Waals surface area (Å²) in [4.78, 5) is 23.9. The Morgan fingerprint density at radius 2 is 1.89 bits per heavy atom. The summed E-state index contributed by atoms with van der Waals surface area (Å²) in [6.45, 7) is 5.87. The fraction of sp³-hybridized carbons (Fsp3) is 0.524. The van der Waals surface area contributed by atoms with E-state index in [9.17, 15) is 14.0 Å². The van der Waals surface area contributed by atoms with Crippen molar-refractivity contribution in [3.63, 3.8) is 0 Å². The molecule has 0 saturated heterocycles. The SMILES string of the molecule is Cc1c([C@@H](NC(=O)NC2CCC(C(N)=O)CC2)C(C)C)oc2ccc(F)cc12. The van der Waals surface area contributed by atoms with Crippen LogP contribution in [-0.2, 0) is 4.79 Å². The molecule has 1 atom stereocenters. The van der Waals surface area contributed by atoms with Gasteiger partial charge in [-0.3, -0.25) is 4.79 Å². The third-order valence-corrected chi connectivity index (χ3v) is 5.64. The summed E-state index contributed by atoms with van der Waals surface area (Å²) in [7, 11) is 0. The molecule has 4 N–H and O–H groups in total. The molecule has 0 spiro atoms. The van der Waals surface area contributed by atoms with E-state index in [0.717, 1.165) is 18.4 Å². The van der Waals surface area contributed by atoms with Crippen LogP contribution in [0.3, 0.4) is 0 Å². The number of primary amides is 1. The van der Waals surface area contributed by atoms with Crippen LogP contribution in [0.2, 0.25) is 0 Å². The van der Waals surface area contributed by atoms with Gasteiger partial charge in [-0.25, -0.2) is 9.18 Å². The van der Waals surface area contributed by atoms with Crippen LogP contribution < -0.4 is 16.4 Å². The first-order chi connectivity index (χ1) is 13.3. The van der Waals surface area contributed by atoms with E-state index < -0.39 is 0 Å². The van der Waals surface area contributed by atoms with E-state index in [-0.39, 0.29) is 41.7 Å². The molecular formula is C21H28FN3O3. The van der Waals surface area contributed by atoms with E-state index in [1.54, 1.807) is 6.07 Å². The monoisotopic (exact) mass is 389 g/mol. The van der Waals surface area contributed by atoms with Gasteiger partial charge in [0.15, 0.2) is 0 Å². The highest BCUT2D eigenvalue weighted by Gasteiger charge is 2.28. The second kappa shape index (κ2) is 8.20. The molecule has 6 nitrogen and oxygen atoms in total. The van der Waals surface area contributed by atoms with Crippen LogP contribution in [-0.4, -0.2) is 18.0 Å². The minimum absolute atomic E-state index is 0.0225. The number of nitrogens with two attached hydrogens (primary N) is 1. The summed E-state index contributed by atoms with van der Waals surface area (Å²) >= 11 is 0. The quantitative estimate of drug-likeness (QED) is 0.723. The molecule has 3 amide bonds. The zero-order valence-electron chi connectivity index (χ0n) is 16.5. The van der Waals surface area contributed by atoms with Crippen LogP contribution in [0.15, 0.2) is 22.6 Å². The van der Waals surface area contributed by atoms with Gasteiger partial charge in [0.05, 0.1) is 6.04 Å². The van der Waals surface area contributed by atoms with Crippen molar-refractivity contribution < 1.29 is 18.4 Å². The fourth-order valence-electron chi connectivity index (χ4n) is 3.93. The summed E-state index contributed by atoms with van der Waals surface area (Å²) in [6.07, 6.45) is 2.86. The highest BCUT2D eigenvalue weighted by atomic mass is 19.1. The molecular weight excluding hydrogens is 361 g/mol. The minimum Gasteiger partial charge on any atom is -0.459 e. The molecule has 0 bridgehead atoms. The van der Waals surface area contributed by atoms with Gasteiger partial charge >= 0.3 is 6.03 Å². The van der Waals surface area contributed by atoms with Crippen molar-refractivity contribution in [2.75, 3.05) is 0 Å². The molecule has 1 aromatic heterocycles. The average Bonchev–Trinajstić information content (AvgIpc) is 2.96. The smallest absolute Gasteiger partial charge is 0.315 e. The molecule has 1 aliphatic rings. The van der Waals surface area contributed by atoms with Crippen LogP contribution in [0.1, 0.15) is 56.9 Å². The van der Waals surface area contributed by atoms with E-state index in [1.807, 2.05) is 20.8 Å². The van der Waals surface area contributed by atoms with Gasteiger partial charge in [-0.05, 0) is 56.7 Å². The third-order valence-electron chi connectivity index (χ3n) is 5.64. The first-order valence-corrected chi connectivity index (χ1v) is 9.81. The number of halogens is 1. The second-order valence-corrected chi connectivity index (χ2v) is 8.02. The predicted octanol–water partition coefficient (Wildman–Crippen LogP) is 3.92. The van der Waals surface area contributed by atoms with E-state index in [2.05, 4.69) is 10.6 Å². The Morgan fingerprint density at radius 1 is 1.21 bits per heavy atom. The normalized spacial score (nSPS) is 20.9. The Bertz CT molecular complexity index is 869. The number of urea groups is 1. The van der Waals surface area contributed by atoms with Crippen LogP contribution in [0.4, 0.5) is 9.18 Å². The molecule has 152 valence electrons. The second-order valence-electron chi connectivity index (χ2n) is 8.02. The van der Waals surface area contributed by atoms with E-state index >= 15 is 0 Å². The number of fused-ring (bicyclic) bond motifs is 1. The summed E-state index contributed by atoms with van der Waals surface area (Å²) in [5, 5.41) is 6.71. The molecule has 2 aromatic rings. The molecule has 1 aliphatic carbocycles. The summed E-state index contributed by atoms with van der Waals surface area (Å²) < 4.78 is 19.5. The first kappa shape index (κ1) is 20.2. The minimum atomic E-state index is -0.336. The van der Waals surface area contributed by atoms with Gasteiger partial charge in [0.2, 0.25) is 5.91 Å². The molecule has 0 aliphatic heterocycles. The zero-order chi connectivity index (χ0) is 20.4. The van der Waals surface area contributed by atoms with Crippen molar-refractivity contribution in [1.82, 2.24) is 10.6 Å². The number of furan rings is 1. The number of nitrogens with one attached hydrogen (secondary N) is 2. The van der Waals surface area contributed by atoms with Crippen LogP contribution in [0.25, 0.3) is 11.0 Å². The maximum atomic E-state index is 13.6. The largest absolute Gasteiger partial charge is 0.459 e. The number of carbonyl (C=O) groups excluding carboxylic acids is 2. The Morgan fingerprint density at radius 3 is 2.50 bits per heavy atom. The third kappa shape index (κ3) is 4.29. The van der Waals surface area contributed by atoms with Gasteiger partial charge in [-0.1, -0.05) is 13.8 Å². The maximum Gasteiger partial charge on any atom is 0.315 e. The Kier molecular flexibility index (Phi) is 5.91. The number of hydrogen-bond acceptors (Lipinski definition) is 3. The van der Waals surface area contributed by atoms with E-state index in [1.165, 1.54) is 12.1 Å². The molecule has 28 heavy (non-hydrogen) atoms. The van der Waals surface area contributed by atoms with Crippen LogP contribution in [0, 0.1) is 24.6 Å². The molecule has 1 heterocycles. The van der Waals surface area contributed by atoms with Crippen molar-refractivity contribution in [1.29, 1.82) is 0 Å². The molecule has 3 rings (SSSR count). The lowest BCUT2D eigenvalue weighted by atomic mass is 9.86. The van der Waals surface area contributed by atoms with Crippen LogP contribution in [0.5, 0.6) is 0 Å². The van der Waals surface area contributed by atoms with Gasteiger partial charge in [-0.2, -0.15) is 0 Å². The lowest BCUT2D eigenvalue weighted by Gasteiger charge is -2.29. The van der Waals surface area contributed by atoms with Crippen LogP contribution >= 0.6 is 0 Å². The molecule has 1 aromatic carbocycles. The highest BCUT2D eigenvalue weighted by Crippen LogP contribution is 2.33. The Labute approximate surface area is 164 Å².